The van der Waals surface area contributed by atoms with Gasteiger partial charge in [-0.25, -0.2) is 0 Å². The zero-order valence-corrected chi connectivity index (χ0v) is 10.3. The molecular formula is C13H19NO2. The first-order valence-electron chi connectivity index (χ1n) is 5.37. The van der Waals surface area contributed by atoms with Gasteiger partial charge in [0.1, 0.15) is 5.75 Å². The van der Waals surface area contributed by atoms with Gasteiger partial charge in [-0.15, -0.1) is 0 Å². The van der Waals surface area contributed by atoms with Crippen LogP contribution in [0.2, 0.25) is 0 Å². The van der Waals surface area contributed by atoms with Crippen LogP contribution in [0.1, 0.15) is 33.3 Å². The van der Waals surface area contributed by atoms with Gasteiger partial charge in [0, 0.05) is 0 Å². The van der Waals surface area contributed by atoms with E-state index < -0.39 is 12.0 Å². The minimum absolute atomic E-state index is 0.119. The van der Waals surface area contributed by atoms with Crippen molar-refractivity contribution < 1.29 is 9.53 Å². The zero-order valence-electron chi connectivity index (χ0n) is 10.3. The summed E-state index contributed by atoms with van der Waals surface area (Å²) in [6, 6.07) is 7.73. The maximum absolute atomic E-state index is 10.8. The predicted octanol–water partition coefficient (Wildman–Crippen LogP) is 2.24. The maximum atomic E-state index is 10.8. The molecule has 2 N–H and O–H groups in total. The Hall–Kier alpha value is -1.51. The summed E-state index contributed by atoms with van der Waals surface area (Å²) in [5.74, 6) is 0.208. The molecule has 3 heteroatoms. The Balaban J connectivity index is 2.76. The van der Waals surface area contributed by atoms with E-state index in [1.165, 1.54) is 5.56 Å². The minimum Gasteiger partial charge on any atom is -0.481 e. The zero-order chi connectivity index (χ0) is 12.3. The van der Waals surface area contributed by atoms with Gasteiger partial charge in [-0.2, -0.15) is 0 Å². The molecule has 0 saturated carbocycles. The highest BCUT2D eigenvalue weighted by Gasteiger charge is 2.14. The van der Waals surface area contributed by atoms with Crippen LogP contribution in [0.5, 0.6) is 5.75 Å². The molecule has 0 fully saturated rings. The number of primary amides is 1. The van der Waals surface area contributed by atoms with Crippen LogP contribution in [0.4, 0.5) is 0 Å². The van der Waals surface area contributed by atoms with Crippen molar-refractivity contribution in [2.45, 2.75) is 39.2 Å². The second-order valence-corrected chi connectivity index (χ2v) is 4.94. The number of amides is 1. The van der Waals surface area contributed by atoms with E-state index in [1.54, 1.807) is 6.92 Å². The molecule has 1 aromatic carbocycles. The normalized spacial score (nSPS) is 13.2. The van der Waals surface area contributed by atoms with E-state index >= 15 is 0 Å². The third kappa shape index (κ3) is 3.26. The predicted molar refractivity (Wildman–Crippen MR) is 64.4 cm³/mol. The van der Waals surface area contributed by atoms with Crippen LogP contribution in [0, 0.1) is 0 Å². The molecule has 3 nitrogen and oxygen atoms in total. The molecule has 0 unspecified atom stereocenters. The molecule has 1 aromatic rings. The summed E-state index contributed by atoms with van der Waals surface area (Å²) >= 11 is 0. The largest absolute Gasteiger partial charge is 0.481 e. The Morgan fingerprint density at radius 3 is 2.12 bits per heavy atom. The summed E-state index contributed by atoms with van der Waals surface area (Å²) < 4.78 is 5.37. The molecule has 16 heavy (non-hydrogen) atoms. The van der Waals surface area contributed by atoms with Crippen molar-refractivity contribution in [3.8, 4) is 5.75 Å². The first-order chi connectivity index (χ1) is 7.30. The Labute approximate surface area is 96.6 Å². The number of ether oxygens (including phenoxy) is 1. The number of carbonyl (C=O) groups is 1. The molecule has 0 bridgehead atoms. The van der Waals surface area contributed by atoms with Crippen molar-refractivity contribution in [1.82, 2.24) is 0 Å². The molecule has 0 aromatic heterocycles. The van der Waals surface area contributed by atoms with Gasteiger partial charge in [-0.05, 0) is 30.0 Å². The number of nitrogens with two attached hydrogens (primary N) is 1. The number of carbonyl (C=O) groups excluding carboxylic acids is 1. The van der Waals surface area contributed by atoms with E-state index in [-0.39, 0.29) is 5.41 Å². The van der Waals surface area contributed by atoms with Crippen molar-refractivity contribution in [2.75, 3.05) is 0 Å². The van der Waals surface area contributed by atoms with E-state index in [2.05, 4.69) is 20.8 Å². The summed E-state index contributed by atoms with van der Waals surface area (Å²) in [4.78, 5) is 10.8. The fourth-order valence-corrected chi connectivity index (χ4v) is 1.30. The summed E-state index contributed by atoms with van der Waals surface area (Å²) in [5, 5.41) is 0. The Kier molecular flexibility index (Phi) is 3.58. The SMILES string of the molecule is C[C@H](Oc1ccc(C(C)(C)C)cc1)C(N)=O. The third-order valence-electron chi connectivity index (χ3n) is 2.43. The molecule has 0 aliphatic carbocycles. The van der Waals surface area contributed by atoms with Gasteiger partial charge >= 0.3 is 0 Å². The number of rotatable bonds is 3. The average Bonchev–Trinajstić information content (AvgIpc) is 2.17. The van der Waals surface area contributed by atoms with E-state index in [1.807, 2.05) is 24.3 Å². The van der Waals surface area contributed by atoms with Gasteiger partial charge in [0.2, 0.25) is 0 Å². The smallest absolute Gasteiger partial charge is 0.258 e. The fourth-order valence-electron chi connectivity index (χ4n) is 1.30. The number of benzene rings is 1. The first kappa shape index (κ1) is 12.6. The highest BCUT2D eigenvalue weighted by atomic mass is 16.5. The fraction of sp³-hybridized carbons (Fsp3) is 0.462. The van der Waals surface area contributed by atoms with Gasteiger partial charge in [-0.3, -0.25) is 4.79 Å². The molecule has 0 aliphatic rings. The molecular weight excluding hydrogens is 202 g/mol. The third-order valence-corrected chi connectivity index (χ3v) is 2.43. The average molecular weight is 221 g/mol. The van der Waals surface area contributed by atoms with Crippen LogP contribution >= 0.6 is 0 Å². The molecule has 0 heterocycles. The first-order valence-corrected chi connectivity index (χ1v) is 5.37. The van der Waals surface area contributed by atoms with E-state index in [4.69, 9.17) is 10.5 Å². The topological polar surface area (TPSA) is 52.3 Å². The number of hydrogen-bond donors (Lipinski definition) is 1. The van der Waals surface area contributed by atoms with Crippen LogP contribution < -0.4 is 10.5 Å². The Morgan fingerprint density at radius 1 is 1.25 bits per heavy atom. The van der Waals surface area contributed by atoms with Crippen molar-refractivity contribution >= 4 is 5.91 Å². The van der Waals surface area contributed by atoms with E-state index in [0.29, 0.717) is 5.75 Å². The van der Waals surface area contributed by atoms with Crippen LogP contribution in [0.25, 0.3) is 0 Å². The second-order valence-electron chi connectivity index (χ2n) is 4.94. The maximum Gasteiger partial charge on any atom is 0.258 e. The van der Waals surface area contributed by atoms with Crippen LogP contribution in [0.3, 0.4) is 0 Å². The lowest BCUT2D eigenvalue weighted by atomic mass is 9.87. The molecule has 1 rings (SSSR count). The molecule has 0 spiro atoms. The summed E-state index contributed by atoms with van der Waals surface area (Å²) in [5.41, 5.74) is 6.47. The molecule has 0 radical (unpaired) electrons. The Morgan fingerprint density at radius 2 is 1.75 bits per heavy atom. The van der Waals surface area contributed by atoms with Crippen molar-refractivity contribution in [3.05, 3.63) is 29.8 Å². The van der Waals surface area contributed by atoms with Crippen LogP contribution in [-0.2, 0) is 10.2 Å². The lowest BCUT2D eigenvalue weighted by Crippen LogP contribution is -2.30. The number of hydrogen-bond acceptors (Lipinski definition) is 2. The van der Waals surface area contributed by atoms with E-state index in [9.17, 15) is 4.79 Å². The van der Waals surface area contributed by atoms with Gasteiger partial charge in [0.15, 0.2) is 6.10 Å². The van der Waals surface area contributed by atoms with Gasteiger partial charge in [0.05, 0.1) is 0 Å². The minimum atomic E-state index is -0.597. The highest BCUT2D eigenvalue weighted by Crippen LogP contribution is 2.24. The lowest BCUT2D eigenvalue weighted by Gasteiger charge is -2.19. The summed E-state index contributed by atoms with van der Waals surface area (Å²) in [7, 11) is 0. The molecule has 1 amide bonds. The van der Waals surface area contributed by atoms with Crippen LogP contribution in [-0.4, -0.2) is 12.0 Å². The van der Waals surface area contributed by atoms with Crippen molar-refractivity contribution in [3.63, 3.8) is 0 Å². The molecule has 88 valence electrons. The lowest BCUT2D eigenvalue weighted by molar-refractivity contribution is -0.123. The summed E-state index contributed by atoms with van der Waals surface area (Å²) in [6.07, 6.45) is -0.597. The monoisotopic (exact) mass is 221 g/mol. The quantitative estimate of drug-likeness (QED) is 0.851. The van der Waals surface area contributed by atoms with Crippen LogP contribution in [0.15, 0.2) is 24.3 Å². The van der Waals surface area contributed by atoms with Gasteiger partial charge in [0.25, 0.3) is 5.91 Å². The molecule has 0 aliphatic heterocycles. The molecule has 0 saturated heterocycles. The van der Waals surface area contributed by atoms with Gasteiger partial charge in [-0.1, -0.05) is 32.9 Å². The van der Waals surface area contributed by atoms with Gasteiger partial charge < -0.3 is 10.5 Å². The van der Waals surface area contributed by atoms with Crippen molar-refractivity contribution in [1.29, 1.82) is 0 Å². The van der Waals surface area contributed by atoms with Crippen molar-refractivity contribution in [2.24, 2.45) is 5.73 Å². The molecule has 1 atom stereocenters. The summed E-state index contributed by atoms with van der Waals surface area (Å²) in [6.45, 7) is 8.08. The highest BCUT2D eigenvalue weighted by molar-refractivity contribution is 5.78. The standard InChI is InChI=1S/C13H19NO2/c1-9(12(14)15)16-11-7-5-10(6-8-11)13(2,3)4/h5-9H,1-4H3,(H2,14,15)/t9-/m0/s1. The van der Waals surface area contributed by atoms with E-state index in [0.717, 1.165) is 0 Å². The Bertz CT molecular complexity index is 363. The second kappa shape index (κ2) is 4.56.